The average Bonchev–Trinajstić information content (AvgIpc) is 2.32. The van der Waals surface area contributed by atoms with Gasteiger partial charge in [0.1, 0.15) is 5.82 Å². The topological polar surface area (TPSA) is 29.5 Å². The van der Waals surface area contributed by atoms with Gasteiger partial charge in [0.25, 0.3) is 0 Å². The first-order valence-electron chi connectivity index (χ1n) is 5.06. The molecule has 0 saturated heterocycles. The SMILES string of the molecule is OCC1COCC=C1c1ccc(F)c(Br)c1. The fourth-order valence-corrected chi connectivity index (χ4v) is 2.17. The van der Waals surface area contributed by atoms with Crippen molar-refractivity contribution in [3.05, 3.63) is 40.1 Å². The van der Waals surface area contributed by atoms with Gasteiger partial charge in [-0.15, -0.1) is 0 Å². The van der Waals surface area contributed by atoms with Crippen LogP contribution in [0.1, 0.15) is 5.56 Å². The Morgan fingerprint density at radius 1 is 1.50 bits per heavy atom. The van der Waals surface area contributed by atoms with Crippen molar-refractivity contribution < 1.29 is 14.2 Å². The number of aliphatic hydroxyl groups excluding tert-OH is 1. The number of ether oxygens (including phenoxy) is 1. The number of rotatable bonds is 2. The average molecular weight is 287 g/mol. The summed E-state index contributed by atoms with van der Waals surface area (Å²) in [5.41, 5.74) is 1.95. The van der Waals surface area contributed by atoms with E-state index < -0.39 is 0 Å². The lowest BCUT2D eigenvalue weighted by molar-refractivity contribution is 0.103. The molecule has 0 spiro atoms. The Hall–Kier alpha value is -0.710. The summed E-state index contributed by atoms with van der Waals surface area (Å²) < 4.78 is 18.8. The Morgan fingerprint density at radius 2 is 2.31 bits per heavy atom. The minimum absolute atomic E-state index is 0.0221. The van der Waals surface area contributed by atoms with E-state index in [1.165, 1.54) is 6.07 Å². The predicted octanol–water partition coefficient (Wildman–Crippen LogP) is 2.61. The molecule has 0 aliphatic carbocycles. The maximum atomic E-state index is 13.1. The second-order valence-electron chi connectivity index (χ2n) is 3.71. The van der Waals surface area contributed by atoms with Crippen LogP contribution in [0.4, 0.5) is 4.39 Å². The maximum absolute atomic E-state index is 13.1. The van der Waals surface area contributed by atoms with E-state index in [0.717, 1.165) is 11.1 Å². The van der Waals surface area contributed by atoms with Gasteiger partial charge >= 0.3 is 0 Å². The van der Waals surface area contributed by atoms with E-state index in [9.17, 15) is 9.50 Å². The lowest BCUT2D eigenvalue weighted by Gasteiger charge is -2.23. The zero-order valence-electron chi connectivity index (χ0n) is 8.62. The third-order valence-corrected chi connectivity index (χ3v) is 3.26. The van der Waals surface area contributed by atoms with E-state index in [1.807, 2.05) is 6.08 Å². The summed E-state index contributed by atoms with van der Waals surface area (Å²) in [6.07, 6.45) is 1.93. The smallest absolute Gasteiger partial charge is 0.137 e. The van der Waals surface area contributed by atoms with Crippen molar-refractivity contribution in [3.8, 4) is 0 Å². The van der Waals surface area contributed by atoms with Crippen LogP contribution in [0.25, 0.3) is 5.57 Å². The summed E-state index contributed by atoms with van der Waals surface area (Å²) in [5, 5.41) is 9.24. The standard InChI is InChI=1S/C12H12BrFO2/c13-11-5-8(1-2-12(11)14)10-3-4-16-7-9(10)6-15/h1-3,5,9,15H,4,6-7H2. The summed E-state index contributed by atoms with van der Waals surface area (Å²) in [6, 6.07) is 4.87. The highest BCUT2D eigenvalue weighted by Crippen LogP contribution is 2.29. The van der Waals surface area contributed by atoms with Crippen molar-refractivity contribution in [1.29, 1.82) is 0 Å². The third kappa shape index (κ3) is 2.34. The zero-order valence-corrected chi connectivity index (χ0v) is 10.2. The van der Waals surface area contributed by atoms with E-state index >= 15 is 0 Å². The van der Waals surface area contributed by atoms with Gasteiger partial charge in [0.05, 0.1) is 24.3 Å². The van der Waals surface area contributed by atoms with E-state index in [1.54, 1.807) is 12.1 Å². The molecule has 1 N–H and O–H groups in total. The van der Waals surface area contributed by atoms with Crippen molar-refractivity contribution in [2.24, 2.45) is 5.92 Å². The fourth-order valence-electron chi connectivity index (χ4n) is 1.80. The van der Waals surface area contributed by atoms with Crippen LogP contribution in [-0.4, -0.2) is 24.9 Å². The van der Waals surface area contributed by atoms with Gasteiger partial charge < -0.3 is 9.84 Å². The van der Waals surface area contributed by atoms with Gasteiger partial charge in [-0.2, -0.15) is 0 Å². The molecule has 4 heteroatoms. The first kappa shape index (κ1) is 11.8. The van der Waals surface area contributed by atoms with Crippen LogP contribution in [0.5, 0.6) is 0 Å². The highest BCUT2D eigenvalue weighted by molar-refractivity contribution is 9.10. The zero-order chi connectivity index (χ0) is 11.5. The highest BCUT2D eigenvalue weighted by Gasteiger charge is 2.19. The van der Waals surface area contributed by atoms with Crippen molar-refractivity contribution >= 4 is 21.5 Å². The van der Waals surface area contributed by atoms with Crippen LogP contribution in [-0.2, 0) is 4.74 Å². The summed E-state index contributed by atoms with van der Waals surface area (Å²) in [7, 11) is 0. The Kier molecular flexibility index (Phi) is 3.74. The number of benzene rings is 1. The van der Waals surface area contributed by atoms with Gasteiger partial charge in [-0.1, -0.05) is 12.1 Å². The lowest BCUT2D eigenvalue weighted by atomic mass is 9.92. The van der Waals surface area contributed by atoms with Crippen LogP contribution in [0, 0.1) is 11.7 Å². The van der Waals surface area contributed by atoms with Gasteiger partial charge in [-0.05, 0) is 39.2 Å². The van der Waals surface area contributed by atoms with Crippen LogP contribution in [0.3, 0.4) is 0 Å². The van der Waals surface area contributed by atoms with Crippen molar-refractivity contribution in [2.45, 2.75) is 0 Å². The van der Waals surface area contributed by atoms with Crippen LogP contribution in [0.15, 0.2) is 28.7 Å². The van der Waals surface area contributed by atoms with Crippen LogP contribution >= 0.6 is 15.9 Å². The third-order valence-electron chi connectivity index (χ3n) is 2.65. The molecule has 1 atom stereocenters. The van der Waals surface area contributed by atoms with Gasteiger partial charge in [-0.25, -0.2) is 4.39 Å². The molecule has 16 heavy (non-hydrogen) atoms. The molecule has 1 aromatic carbocycles. The molecule has 0 radical (unpaired) electrons. The largest absolute Gasteiger partial charge is 0.396 e. The number of halogens is 2. The minimum Gasteiger partial charge on any atom is -0.396 e. The molecule has 0 fully saturated rings. The monoisotopic (exact) mass is 286 g/mol. The molecule has 2 rings (SSSR count). The Balaban J connectivity index is 2.35. The van der Waals surface area contributed by atoms with E-state index in [4.69, 9.17) is 4.74 Å². The number of aliphatic hydroxyl groups is 1. The van der Waals surface area contributed by atoms with Gasteiger partial charge in [0.15, 0.2) is 0 Å². The molecular weight excluding hydrogens is 275 g/mol. The molecule has 0 bridgehead atoms. The van der Waals surface area contributed by atoms with Crippen molar-refractivity contribution in [1.82, 2.24) is 0 Å². The van der Waals surface area contributed by atoms with Gasteiger partial charge in [0, 0.05) is 5.92 Å². The highest BCUT2D eigenvalue weighted by atomic mass is 79.9. The Morgan fingerprint density at radius 3 is 3.00 bits per heavy atom. The molecule has 1 aliphatic heterocycles. The summed E-state index contributed by atoms with van der Waals surface area (Å²) in [4.78, 5) is 0. The normalized spacial score (nSPS) is 20.7. The minimum atomic E-state index is -0.281. The molecule has 1 aromatic rings. The van der Waals surface area contributed by atoms with Crippen molar-refractivity contribution in [3.63, 3.8) is 0 Å². The number of hydrogen-bond acceptors (Lipinski definition) is 2. The molecule has 1 aliphatic rings. The molecule has 2 nitrogen and oxygen atoms in total. The first-order valence-corrected chi connectivity index (χ1v) is 5.85. The van der Waals surface area contributed by atoms with Crippen LogP contribution in [0.2, 0.25) is 0 Å². The lowest BCUT2D eigenvalue weighted by Crippen LogP contribution is -2.20. The first-order chi connectivity index (χ1) is 7.72. The predicted molar refractivity (Wildman–Crippen MR) is 63.5 cm³/mol. The number of hydrogen-bond donors (Lipinski definition) is 1. The van der Waals surface area contributed by atoms with Crippen molar-refractivity contribution in [2.75, 3.05) is 19.8 Å². The van der Waals surface area contributed by atoms with Gasteiger partial charge in [0.2, 0.25) is 0 Å². The van der Waals surface area contributed by atoms with Gasteiger partial charge in [-0.3, -0.25) is 0 Å². The second-order valence-corrected chi connectivity index (χ2v) is 4.56. The fraction of sp³-hybridized carbons (Fsp3) is 0.333. The Bertz CT molecular complexity index is 417. The molecule has 0 saturated carbocycles. The summed E-state index contributed by atoms with van der Waals surface area (Å²) in [5.74, 6) is -0.303. The molecule has 1 heterocycles. The summed E-state index contributed by atoms with van der Waals surface area (Å²) >= 11 is 3.16. The Labute approximate surface area is 102 Å². The van der Waals surface area contributed by atoms with E-state index in [2.05, 4.69) is 15.9 Å². The molecule has 1 unspecified atom stereocenters. The quantitative estimate of drug-likeness (QED) is 0.906. The second kappa shape index (κ2) is 5.08. The molecular formula is C12H12BrFO2. The summed E-state index contributed by atoms with van der Waals surface area (Å²) in [6.45, 7) is 1.10. The molecule has 0 amide bonds. The van der Waals surface area contributed by atoms with E-state index in [-0.39, 0.29) is 18.3 Å². The molecule has 86 valence electrons. The molecule has 0 aromatic heterocycles. The van der Waals surface area contributed by atoms with Crippen LogP contribution < -0.4 is 0 Å². The van der Waals surface area contributed by atoms with E-state index in [0.29, 0.717) is 17.7 Å². The maximum Gasteiger partial charge on any atom is 0.137 e.